The number of rotatable bonds is 22. The zero-order chi connectivity index (χ0) is 52.3. The van der Waals surface area contributed by atoms with Gasteiger partial charge in [-0.1, -0.05) is 181 Å². The number of carbonyl (C=O) groups is 3. The van der Waals surface area contributed by atoms with Gasteiger partial charge in [-0.05, 0) is 70.8 Å². The summed E-state index contributed by atoms with van der Waals surface area (Å²) in [6, 6.07) is 61.7. The van der Waals surface area contributed by atoms with Crippen molar-refractivity contribution in [2.75, 3.05) is 13.2 Å². The van der Waals surface area contributed by atoms with Gasteiger partial charge in [-0.25, -0.2) is 14.4 Å². The number of esters is 3. The molecule has 2 fully saturated rings. The molecule has 0 aliphatic carbocycles. The second-order valence-electron chi connectivity index (χ2n) is 17.8. The summed E-state index contributed by atoms with van der Waals surface area (Å²) in [4.78, 5) is 46.6. The Morgan fingerprint density at radius 3 is 1.42 bits per heavy atom. The first-order chi connectivity index (χ1) is 37.4. The molecule has 2 aliphatic heterocycles. The van der Waals surface area contributed by atoms with Crippen LogP contribution in [0.1, 0.15) is 47.8 Å². The Labute approximate surface area is 444 Å². The van der Waals surface area contributed by atoms with Gasteiger partial charge in [-0.2, -0.15) is 0 Å². The summed E-state index contributed by atoms with van der Waals surface area (Å²) in [7, 11) is 0. The molecule has 7 aromatic rings. The summed E-state index contributed by atoms with van der Waals surface area (Å²) in [5, 5.41) is 4.32. The minimum absolute atomic E-state index is 0.0560. The summed E-state index contributed by atoms with van der Waals surface area (Å²) in [6.07, 6.45) is -10.2. The van der Waals surface area contributed by atoms with Crippen LogP contribution in [-0.4, -0.2) is 91.6 Å². The van der Waals surface area contributed by atoms with E-state index < -0.39 is 85.0 Å². The van der Waals surface area contributed by atoms with Crippen molar-refractivity contribution in [3.8, 4) is 0 Å². The highest BCUT2D eigenvalue weighted by molar-refractivity contribution is 7.99. The number of thioether (sulfide) groups is 1. The second-order valence-corrected chi connectivity index (χ2v) is 18.9. The SMILES string of the molecule is [N-]=[N+]=N[C@H]1[C@@H](O[C@H]2[C@@H](OC(=O)c3ccccc3)[C@@H](COC(=O)c3ccccc3)O[C@@H](Sc3ccccc3)[C@@H]2OC(=O)c2ccccc2)O[C@H](COCc2ccccc2)[C@H](OCc2ccccc2)[C@@H]1OCc1ccccc1. The van der Waals surface area contributed by atoms with Crippen molar-refractivity contribution in [1.82, 2.24) is 0 Å². The first-order valence-corrected chi connectivity index (χ1v) is 25.7. The van der Waals surface area contributed by atoms with E-state index in [1.165, 1.54) is 11.8 Å². The Hall–Kier alpha value is -7.63. The largest absolute Gasteiger partial charge is 0.459 e. The normalized spacial score (nSPS) is 23.1. The van der Waals surface area contributed by atoms with Crippen LogP contribution in [0.3, 0.4) is 0 Å². The zero-order valence-corrected chi connectivity index (χ0v) is 42.0. The molecule has 76 heavy (non-hydrogen) atoms. The summed E-state index contributed by atoms with van der Waals surface area (Å²) < 4.78 is 59.9. The van der Waals surface area contributed by atoms with Crippen LogP contribution in [0.4, 0.5) is 0 Å². The fourth-order valence-electron chi connectivity index (χ4n) is 8.78. The average molecular weight is 1040 g/mol. The number of benzene rings is 7. The second kappa shape index (κ2) is 27.2. The monoisotopic (exact) mass is 1040 g/mol. The van der Waals surface area contributed by atoms with Gasteiger partial charge < -0.3 is 42.6 Å². The van der Waals surface area contributed by atoms with Crippen LogP contribution in [0.5, 0.6) is 0 Å². The average Bonchev–Trinajstić information content (AvgIpc) is 3.50. The third-order valence-corrected chi connectivity index (χ3v) is 13.7. The van der Waals surface area contributed by atoms with Crippen molar-refractivity contribution >= 4 is 29.7 Å². The van der Waals surface area contributed by atoms with Crippen molar-refractivity contribution < 1.29 is 57.0 Å². The number of ether oxygens (including phenoxy) is 9. The van der Waals surface area contributed by atoms with Gasteiger partial charge in [-0.15, -0.1) is 0 Å². The smallest absolute Gasteiger partial charge is 0.338 e. The quantitative estimate of drug-likeness (QED) is 0.0206. The third kappa shape index (κ3) is 14.4. The molecule has 0 bridgehead atoms. The summed E-state index contributed by atoms with van der Waals surface area (Å²) in [6.45, 7) is -0.107. The van der Waals surface area contributed by atoms with Crippen molar-refractivity contribution in [2.24, 2.45) is 5.11 Å². The third-order valence-electron chi connectivity index (χ3n) is 12.5. The molecular formula is C60H55N3O12S. The molecule has 7 aromatic carbocycles. The fourth-order valence-corrected chi connectivity index (χ4v) is 9.90. The lowest BCUT2D eigenvalue weighted by Crippen LogP contribution is -2.65. The molecule has 0 unspecified atom stereocenters. The maximum atomic E-state index is 14.4. The zero-order valence-electron chi connectivity index (χ0n) is 41.2. The molecule has 0 radical (unpaired) electrons. The van der Waals surface area contributed by atoms with Gasteiger partial charge in [-0.3, -0.25) is 0 Å². The lowest BCUT2D eigenvalue weighted by Gasteiger charge is -2.49. The summed E-state index contributed by atoms with van der Waals surface area (Å²) in [5.41, 5.74) is 12.6. The van der Waals surface area contributed by atoms with Crippen molar-refractivity contribution in [2.45, 2.75) is 85.2 Å². The van der Waals surface area contributed by atoms with Gasteiger partial charge in [0.25, 0.3) is 0 Å². The molecule has 16 heteroatoms. The molecule has 0 spiro atoms. The molecule has 2 aliphatic rings. The van der Waals surface area contributed by atoms with Crippen molar-refractivity contribution in [3.63, 3.8) is 0 Å². The maximum absolute atomic E-state index is 14.4. The van der Waals surface area contributed by atoms with Gasteiger partial charge in [0, 0.05) is 9.81 Å². The van der Waals surface area contributed by atoms with Gasteiger partial charge in [0.15, 0.2) is 18.5 Å². The van der Waals surface area contributed by atoms with Crippen LogP contribution in [0.2, 0.25) is 0 Å². The molecule has 2 heterocycles. The van der Waals surface area contributed by atoms with E-state index in [-0.39, 0.29) is 43.1 Å². The molecule has 388 valence electrons. The van der Waals surface area contributed by atoms with Crippen LogP contribution >= 0.6 is 11.8 Å². The minimum atomic E-state index is -1.53. The van der Waals surface area contributed by atoms with Gasteiger partial charge in [0.2, 0.25) is 0 Å². The fraction of sp³-hybridized carbons (Fsp3) is 0.250. The van der Waals surface area contributed by atoms with Gasteiger partial charge in [0.1, 0.15) is 48.6 Å². The lowest BCUT2D eigenvalue weighted by molar-refractivity contribution is -0.323. The standard InChI is InChI=1S/C60H55N3O12S/c61-63-62-50-53(69-38-43-26-12-3-13-27-43)51(68-37-42-24-10-2-11-25-42)48(39-67-36-41-22-8-1-9-23-41)71-59(50)75-54-52(73-57(65)45-30-16-5-17-31-45)49(40-70-56(64)44-28-14-4-15-29-44)72-60(76-47-34-20-7-21-35-47)55(54)74-58(66)46-32-18-6-19-33-46/h1-35,48-55,59-60H,36-40H2/t48-,49-,50-,51+,52+,53-,54+,55-,59-,60+/m1/s1. The van der Waals surface area contributed by atoms with Crippen LogP contribution in [0, 0.1) is 0 Å². The van der Waals surface area contributed by atoms with E-state index in [1.807, 2.05) is 121 Å². The Bertz CT molecular complexity index is 2950. The molecular weight excluding hydrogens is 987 g/mol. The molecule has 9 rings (SSSR count). The lowest BCUT2D eigenvalue weighted by atomic mass is 9.95. The van der Waals surface area contributed by atoms with Gasteiger partial charge in [0.05, 0.1) is 43.1 Å². The predicted octanol–water partition coefficient (Wildman–Crippen LogP) is 11.0. The highest BCUT2D eigenvalue weighted by Crippen LogP contribution is 2.41. The molecule has 15 nitrogen and oxygen atoms in total. The van der Waals surface area contributed by atoms with Crippen LogP contribution in [-0.2, 0) is 62.5 Å². The minimum Gasteiger partial charge on any atom is -0.459 e. The van der Waals surface area contributed by atoms with E-state index >= 15 is 0 Å². The Morgan fingerprint density at radius 1 is 0.474 bits per heavy atom. The number of nitrogens with zero attached hydrogens (tertiary/aromatic N) is 3. The van der Waals surface area contributed by atoms with Gasteiger partial charge >= 0.3 is 17.9 Å². The van der Waals surface area contributed by atoms with E-state index in [9.17, 15) is 19.9 Å². The number of hydrogen-bond donors (Lipinski definition) is 0. The number of hydrogen-bond acceptors (Lipinski definition) is 14. The van der Waals surface area contributed by atoms with E-state index in [2.05, 4.69) is 10.0 Å². The molecule has 0 amide bonds. The number of azide groups is 1. The first-order valence-electron chi connectivity index (χ1n) is 24.8. The molecule has 10 atom stereocenters. The highest BCUT2D eigenvalue weighted by atomic mass is 32.2. The Balaban J connectivity index is 1.15. The van der Waals surface area contributed by atoms with E-state index in [4.69, 9.17) is 42.6 Å². The Kier molecular flexibility index (Phi) is 19.1. The van der Waals surface area contributed by atoms with E-state index in [0.29, 0.717) is 0 Å². The molecule has 2 saturated heterocycles. The van der Waals surface area contributed by atoms with E-state index in [1.54, 1.807) is 91.0 Å². The van der Waals surface area contributed by atoms with Crippen LogP contribution in [0.25, 0.3) is 10.4 Å². The maximum Gasteiger partial charge on any atom is 0.338 e. The van der Waals surface area contributed by atoms with Crippen molar-refractivity contribution in [3.05, 3.63) is 256 Å². The Morgan fingerprint density at radius 2 is 0.908 bits per heavy atom. The molecule has 0 N–H and O–H groups in total. The summed E-state index contributed by atoms with van der Waals surface area (Å²) >= 11 is 1.21. The predicted molar refractivity (Wildman–Crippen MR) is 282 cm³/mol. The van der Waals surface area contributed by atoms with Crippen LogP contribution in [0.15, 0.2) is 222 Å². The van der Waals surface area contributed by atoms with Crippen LogP contribution < -0.4 is 0 Å². The topological polar surface area (TPSA) is 183 Å². The van der Waals surface area contributed by atoms with Crippen molar-refractivity contribution in [1.29, 1.82) is 0 Å². The van der Waals surface area contributed by atoms with E-state index in [0.717, 1.165) is 21.6 Å². The number of carbonyl (C=O) groups excluding carboxylic acids is 3. The molecule has 0 aromatic heterocycles. The molecule has 0 saturated carbocycles. The summed E-state index contributed by atoms with van der Waals surface area (Å²) in [5.74, 6) is -2.20. The highest BCUT2D eigenvalue weighted by Gasteiger charge is 2.56. The first kappa shape index (κ1) is 53.2.